The summed E-state index contributed by atoms with van der Waals surface area (Å²) in [5.74, 6) is -0.0546. The van der Waals surface area contributed by atoms with E-state index in [1.807, 2.05) is 94.4 Å². The number of hydrogen-bond acceptors (Lipinski definition) is 5. The first-order chi connectivity index (χ1) is 19.3. The van der Waals surface area contributed by atoms with Crippen molar-refractivity contribution in [3.8, 4) is 0 Å². The molecule has 4 N–H and O–H groups in total. The largest absolute Gasteiger partial charge is 0.370 e. The van der Waals surface area contributed by atoms with Crippen LogP contribution in [0.15, 0.2) is 97.6 Å². The molecule has 1 aliphatic rings. The molecule has 1 atom stereocenters. The molecule has 1 aliphatic heterocycles. The van der Waals surface area contributed by atoms with Gasteiger partial charge in [-0.25, -0.2) is 8.42 Å². The molecular formula is C32H42N4O3S. The van der Waals surface area contributed by atoms with Gasteiger partial charge >= 0.3 is 0 Å². The normalized spacial score (nSPS) is 14.3. The standard InChI is InChI=1S/C25H28N4O3S.C5H8.C2H6/c1-18-15-22(11-12-23(18)29-13-6-14-33(29,31)32)28-25(30)24(20-8-3-2-4-9-20)27-21-10-5-7-19(16-21)17-26;1-3-5-4-2;1-2/h2-5,7-12,15-16,24,27H,6,13-14,17,26H2,1H3,(H,28,30);3-5H,1H2,2H3;1-2H3/b;5-4-;. The van der Waals surface area contributed by atoms with Crippen LogP contribution in [0.1, 0.15) is 49.9 Å². The van der Waals surface area contributed by atoms with Gasteiger partial charge in [-0.05, 0) is 67.3 Å². The Morgan fingerprint density at radius 2 is 1.77 bits per heavy atom. The molecule has 3 aromatic carbocycles. The monoisotopic (exact) mass is 562 g/mol. The molecule has 1 saturated heterocycles. The molecule has 40 heavy (non-hydrogen) atoms. The van der Waals surface area contributed by atoms with E-state index in [0.717, 1.165) is 22.4 Å². The van der Waals surface area contributed by atoms with Gasteiger partial charge in [-0.2, -0.15) is 0 Å². The van der Waals surface area contributed by atoms with E-state index in [2.05, 4.69) is 17.2 Å². The van der Waals surface area contributed by atoms with E-state index in [9.17, 15) is 13.2 Å². The Kier molecular flexibility index (Phi) is 13.2. The third kappa shape index (κ3) is 9.10. The van der Waals surface area contributed by atoms with Crippen LogP contribution in [0.2, 0.25) is 0 Å². The lowest BCUT2D eigenvalue weighted by Gasteiger charge is -2.22. The van der Waals surface area contributed by atoms with Crippen molar-refractivity contribution >= 4 is 33.0 Å². The average Bonchev–Trinajstić information content (AvgIpc) is 3.32. The molecule has 1 heterocycles. The highest BCUT2D eigenvalue weighted by molar-refractivity contribution is 7.93. The van der Waals surface area contributed by atoms with E-state index in [4.69, 9.17) is 5.73 Å². The first kappa shape index (κ1) is 32.3. The third-order valence-electron chi connectivity index (χ3n) is 6.03. The Morgan fingerprint density at radius 1 is 1.05 bits per heavy atom. The minimum atomic E-state index is -3.26. The fraction of sp³-hybridized carbons (Fsp3) is 0.281. The molecule has 1 fully saturated rings. The molecule has 1 amide bonds. The van der Waals surface area contributed by atoms with Gasteiger partial charge in [0.2, 0.25) is 10.0 Å². The highest BCUT2D eigenvalue weighted by atomic mass is 32.2. The number of nitrogens with zero attached hydrogens (tertiary/aromatic N) is 1. The Morgan fingerprint density at radius 3 is 2.33 bits per heavy atom. The Balaban J connectivity index is 0.000000722. The van der Waals surface area contributed by atoms with Crippen molar-refractivity contribution in [2.75, 3.05) is 27.2 Å². The van der Waals surface area contributed by atoms with Gasteiger partial charge in [0.25, 0.3) is 5.91 Å². The van der Waals surface area contributed by atoms with Gasteiger partial charge < -0.3 is 16.4 Å². The van der Waals surface area contributed by atoms with Crippen LogP contribution in [-0.2, 0) is 21.4 Å². The van der Waals surface area contributed by atoms with Gasteiger partial charge in [-0.3, -0.25) is 9.10 Å². The zero-order valence-electron chi connectivity index (χ0n) is 23.9. The van der Waals surface area contributed by atoms with Crippen molar-refractivity contribution in [3.63, 3.8) is 0 Å². The van der Waals surface area contributed by atoms with Crippen molar-refractivity contribution < 1.29 is 13.2 Å². The Bertz CT molecular complexity index is 1370. The molecule has 0 spiro atoms. The fourth-order valence-electron chi connectivity index (χ4n) is 4.17. The summed E-state index contributed by atoms with van der Waals surface area (Å²) in [5, 5.41) is 6.29. The van der Waals surface area contributed by atoms with Gasteiger partial charge in [0.05, 0.1) is 11.4 Å². The number of allylic oxidation sites excluding steroid dienone is 3. The number of anilines is 3. The molecule has 0 radical (unpaired) electrons. The number of carbonyl (C=O) groups is 1. The SMILES string of the molecule is C=C/C=C\C.CC.Cc1cc(NC(=O)C(Nc2cccc(CN)c2)c2ccccc2)ccc1N1CCCS1(=O)=O. The van der Waals surface area contributed by atoms with E-state index in [-0.39, 0.29) is 11.7 Å². The van der Waals surface area contributed by atoms with Crippen LogP contribution in [-0.4, -0.2) is 26.6 Å². The number of benzene rings is 3. The molecule has 0 saturated carbocycles. The lowest BCUT2D eigenvalue weighted by Crippen LogP contribution is -2.28. The van der Waals surface area contributed by atoms with Crippen LogP contribution in [0.25, 0.3) is 0 Å². The summed E-state index contributed by atoms with van der Waals surface area (Å²) in [6.45, 7) is 12.2. The summed E-state index contributed by atoms with van der Waals surface area (Å²) >= 11 is 0. The van der Waals surface area contributed by atoms with Gasteiger partial charge in [0.15, 0.2) is 0 Å². The Hall–Kier alpha value is -3.88. The number of carbonyl (C=O) groups excluding carboxylic acids is 1. The molecule has 1 unspecified atom stereocenters. The first-order valence-corrected chi connectivity index (χ1v) is 15.2. The van der Waals surface area contributed by atoms with E-state index in [1.165, 1.54) is 4.31 Å². The summed E-state index contributed by atoms with van der Waals surface area (Å²) in [6.07, 6.45) is 6.20. The summed E-state index contributed by atoms with van der Waals surface area (Å²) in [5.41, 5.74) is 10.4. The van der Waals surface area contributed by atoms with Crippen molar-refractivity contribution in [1.29, 1.82) is 0 Å². The molecule has 4 rings (SSSR count). The van der Waals surface area contributed by atoms with E-state index in [0.29, 0.717) is 30.9 Å². The minimum absolute atomic E-state index is 0.167. The number of nitrogens with one attached hydrogen (secondary N) is 2. The van der Waals surface area contributed by atoms with Gasteiger partial charge in [-0.1, -0.05) is 81.1 Å². The number of sulfonamides is 1. The third-order valence-corrected chi connectivity index (χ3v) is 7.89. The van der Waals surface area contributed by atoms with Crippen molar-refractivity contribution in [2.24, 2.45) is 5.73 Å². The molecule has 8 heteroatoms. The van der Waals surface area contributed by atoms with Crippen LogP contribution >= 0.6 is 0 Å². The highest BCUT2D eigenvalue weighted by Gasteiger charge is 2.29. The molecule has 214 valence electrons. The molecular weight excluding hydrogens is 520 g/mol. The van der Waals surface area contributed by atoms with Crippen LogP contribution in [0, 0.1) is 6.92 Å². The predicted octanol–water partition coefficient (Wildman–Crippen LogP) is 6.56. The molecule has 0 bridgehead atoms. The maximum absolute atomic E-state index is 13.3. The summed E-state index contributed by atoms with van der Waals surface area (Å²) < 4.78 is 26.0. The predicted molar refractivity (Wildman–Crippen MR) is 169 cm³/mol. The fourth-order valence-corrected chi connectivity index (χ4v) is 5.80. The second kappa shape index (κ2) is 16.3. The maximum atomic E-state index is 13.3. The average molecular weight is 563 g/mol. The van der Waals surface area contributed by atoms with Crippen molar-refractivity contribution in [3.05, 3.63) is 114 Å². The van der Waals surface area contributed by atoms with Gasteiger partial charge in [-0.15, -0.1) is 0 Å². The highest BCUT2D eigenvalue weighted by Crippen LogP contribution is 2.30. The van der Waals surface area contributed by atoms with Crippen molar-refractivity contribution in [2.45, 2.75) is 46.7 Å². The lowest BCUT2D eigenvalue weighted by molar-refractivity contribution is -0.117. The number of hydrogen-bond donors (Lipinski definition) is 3. The lowest BCUT2D eigenvalue weighted by atomic mass is 10.0. The van der Waals surface area contributed by atoms with Crippen LogP contribution in [0.5, 0.6) is 0 Å². The van der Waals surface area contributed by atoms with Crippen LogP contribution < -0.4 is 20.7 Å². The minimum Gasteiger partial charge on any atom is -0.370 e. The summed E-state index contributed by atoms with van der Waals surface area (Å²) in [6, 6.07) is 21.8. The number of rotatable bonds is 8. The topological polar surface area (TPSA) is 105 Å². The molecule has 7 nitrogen and oxygen atoms in total. The van der Waals surface area contributed by atoms with Crippen LogP contribution in [0.4, 0.5) is 17.1 Å². The van der Waals surface area contributed by atoms with E-state index >= 15 is 0 Å². The number of aryl methyl sites for hydroxylation is 1. The van der Waals surface area contributed by atoms with E-state index < -0.39 is 16.1 Å². The molecule has 0 aromatic heterocycles. The van der Waals surface area contributed by atoms with Crippen molar-refractivity contribution in [1.82, 2.24) is 0 Å². The summed E-state index contributed by atoms with van der Waals surface area (Å²) in [7, 11) is -3.26. The second-order valence-corrected chi connectivity index (χ2v) is 10.9. The first-order valence-electron chi connectivity index (χ1n) is 13.5. The van der Waals surface area contributed by atoms with Crippen LogP contribution in [0.3, 0.4) is 0 Å². The van der Waals surface area contributed by atoms with Gasteiger partial charge in [0.1, 0.15) is 6.04 Å². The Labute approximate surface area is 239 Å². The number of amides is 1. The quantitative estimate of drug-likeness (QED) is 0.270. The second-order valence-electron chi connectivity index (χ2n) is 8.89. The smallest absolute Gasteiger partial charge is 0.251 e. The van der Waals surface area contributed by atoms with Gasteiger partial charge in [0, 0.05) is 24.5 Å². The molecule has 3 aromatic rings. The summed E-state index contributed by atoms with van der Waals surface area (Å²) in [4.78, 5) is 13.3. The van der Waals surface area contributed by atoms with E-state index in [1.54, 1.807) is 24.3 Å². The zero-order valence-corrected chi connectivity index (χ0v) is 24.7. The maximum Gasteiger partial charge on any atom is 0.251 e. The number of nitrogens with two attached hydrogens (primary N) is 1. The zero-order chi connectivity index (χ0) is 29.5. The molecule has 0 aliphatic carbocycles.